The number of aryl methyl sites for hydroxylation is 2. The Kier molecular flexibility index (Phi) is 13.7. The van der Waals surface area contributed by atoms with Crippen LogP contribution in [0.5, 0.6) is 0 Å². The summed E-state index contributed by atoms with van der Waals surface area (Å²) in [5.41, 5.74) is 6.18. The third-order valence-corrected chi connectivity index (χ3v) is 12.9. The van der Waals surface area contributed by atoms with Gasteiger partial charge in [0.25, 0.3) is 0 Å². The van der Waals surface area contributed by atoms with Crippen LogP contribution in [0.4, 0.5) is 19.1 Å². The van der Waals surface area contributed by atoms with E-state index >= 15 is 0 Å². The number of imidazole rings is 1. The molecule has 2 aromatic carbocycles. The summed E-state index contributed by atoms with van der Waals surface area (Å²) in [6, 6.07) is 13.0. The maximum absolute atomic E-state index is 13.1. The number of hydrogen-bond acceptors (Lipinski definition) is 10. The molecular weight excluding hydrogens is 816 g/mol. The first-order valence-corrected chi connectivity index (χ1v) is 22.3. The molecule has 8 rings (SSSR count). The van der Waals surface area contributed by atoms with Crippen LogP contribution in [0.3, 0.4) is 0 Å². The number of imide groups is 1. The quantitative estimate of drug-likeness (QED) is 0.0783. The van der Waals surface area contributed by atoms with E-state index in [0.29, 0.717) is 43.6 Å². The van der Waals surface area contributed by atoms with Gasteiger partial charge in [-0.15, -0.1) is 0 Å². The lowest BCUT2D eigenvalue weighted by Crippen LogP contribution is -2.46. The van der Waals surface area contributed by atoms with Gasteiger partial charge in [0, 0.05) is 101 Å². The number of aromatic nitrogens is 5. The van der Waals surface area contributed by atoms with Crippen molar-refractivity contribution in [2.75, 3.05) is 51.3 Å². The Morgan fingerprint density at radius 2 is 1.63 bits per heavy atom. The number of aliphatic hydroxyl groups excluding tert-OH is 1. The van der Waals surface area contributed by atoms with Gasteiger partial charge in [0.1, 0.15) is 11.7 Å². The highest BCUT2D eigenvalue weighted by molar-refractivity contribution is 6.00. The van der Waals surface area contributed by atoms with Crippen molar-refractivity contribution in [1.82, 2.24) is 38.8 Å². The minimum absolute atomic E-state index is 0.126. The summed E-state index contributed by atoms with van der Waals surface area (Å²) in [7, 11) is 1.71. The molecule has 3 N–H and O–H groups in total. The summed E-state index contributed by atoms with van der Waals surface area (Å²) in [6.45, 7) is 8.62. The Bertz CT molecular complexity index is 2450. The van der Waals surface area contributed by atoms with E-state index in [0.717, 1.165) is 99.0 Å². The summed E-state index contributed by atoms with van der Waals surface area (Å²) in [4.78, 5) is 51.3. The first-order chi connectivity index (χ1) is 30.3. The van der Waals surface area contributed by atoms with Crippen molar-refractivity contribution >= 4 is 39.8 Å². The van der Waals surface area contributed by atoms with Gasteiger partial charge in [-0.1, -0.05) is 30.3 Å². The van der Waals surface area contributed by atoms with Crippen LogP contribution in [0, 0.1) is 0 Å². The number of ether oxygens (including phenoxy) is 1. The Morgan fingerprint density at radius 3 is 2.37 bits per heavy atom. The minimum atomic E-state index is -4.29. The number of piperazine rings is 1. The van der Waals surface area contributed by atoms with Gasteiger partial charge in [0.15, 0.2) is 0 Å². The maximum Gasteiger partial charge on any atom is 0.391 e. The largest absolute Gasteiger partial charge is 0.393 e. The number of fused-ring (bicyclic) bond motifs is 2. The van der Waals surface area contributed by atoms with E-state index in [1.165, 1.54) is 17.1 Å². The molecule has 3 fully saturated rings. The van der Waals surface area contributed by atoms with Crippen molar-refractivity contribution in [1.29, 1.82) is 0 Å². The highest BCUT2D eigenvalue weighted by Crippen LogP contribution is 2.37. The van der Waals surface area contributed by atoms with E-state index in [9.17, 15) is 32.7 Å². The molecule has 17 heteroatoms. The zero-order chi connectivity index (χ0) is 44.3. The molecule has 0 radical (unpaired) electrons. The van der Waals surface area contributed by atoms with Crippen molar-refractivity contribution in [3.63, 3.8) is 0 Å². The first-order valence-electron chi connectivity index (χ1n) is 22.3. The summed E-state index contributed by atoms with van der Waals surface area (Å²) >= 11 is 0. The van der Waals surface area contributed by atoms with Crippen LogP contribution in [0.25, 0.3) is 33.2 Å². The molecule has 14 nitrogen and oxygen atoms in total. The Balaban J connectivity index is 0.777. The molecule has 63 heavy (non-hydrogen) atoms. The number of nitrogens with zero attached hydrogens (tertiary/aromatic N) is 7. The number of amides is 2. The van der Waals surface area contributed by atoms with Gasteiger partial charge in [-0.3, -0.25) is 28.9 Å². The number of anilines is 1. The first kappa shape index (κ1) is 44.5. The number of aliphatic hydroxyl groups is 1. The van der Waals surface area contributed by atoms with E-state index in [1.807, 2.05) is 18.2 Å². The van der Waals surface area contributed by atoms with Gasteiger partial charge < -0.3 is 24.6 Å². The van der Waals surface area contributed by atoms with Crippen molar-refractivity contribution in [3.05, 3.63) is 76.5 Å². The molecular formula is C46H58F3N9O5. The lowest BCUT2D eigenvalue weighted by atomic mass is 9.93. The molecule has 1 aliphatic carbocycles. The zero-order valence-electron chi connectivity index (χ0n) is 36.1. The van der Waals surface area contributed by atoms with Gasteiger partial charge in [0.2, 0.25) is 17.8 Å². The molecule has 5 aromatic rings. The number of piperidine rings is 1. The fourth-order valence-electron chi connectivity index (χ4n) is 9.45. The molecule has 3 aromatic heterocycles. The molecule has 338 valence electrons. The smallest absolute Gasteiger partial charge is 0.391 e. The lowest BCUT2D eigenvalue weighted by molar-refractivity contribution is -0.137. The second-order valence-electron chi connectivity index (χ2n) is 17.6. The van der Waals surface area contributed by atoms with Gasteiger partial charge in [0.05, 0.1) is 23.6 Å². The molecule has 3 aliphatic rings. The van der Waals surface area contributed by atoms with Crippen LogP contribution in [-0.2, 0) is 34.3 Å². The van der Waals surface area contributed by atoms with Crippen LogP contribution in [0.1, 0.15) is 87.9 Å². The third-order valence-electron chi connectivity index (χ3n) is 12.9. The number of halogens is 3. The highest BCUT2D eigenvalue weighted by Gasteiger charge is 2.32. The highest BCUT2D eigenvalue weighted by atomic mass is 19.4. The zero-order valence-corrected chi connectivity index (χ0v) is 36.1. The lowest BCUT2D eigenvalue weighted by Gasteiger charge is -2.34. The summed E-state index contributed by atoms with van der Waals surface area (Å²) in [6.07, 6.45) is 4.32. The fraction of sp³-hybridized carbons (Fsp3) is 0.543. The summed E-state index contributed by atoms with van der Waals surface area (Å²) < 4.78 is 50.3. The Morgan fingerprint density at radius 1 is 0.921 bits per heavy atom. The van der Waals surface area contributed by atoms with Gasteiger partial charge in [-0.2, -0.15) is 18.2 Å². The standard InChI is InChI=1S/C46H58F3N9O5/c1-30(26-46(47,48)49)51-44-50-27-36-37(29-57(42(36)53-44)34-11-13-35(59)14-12-34)33-9-6-32(7-10-33)28-56-21-19-55(20-22-56)18-4-24-63-23-3-5-31-8-15-38-40(25-31)54(2)45(62)58(38)39-16-17-41(60)52-43(39)61/h6-10,15,25,27,29-30,34-35,39,59H,3-5,11-14,16-24,26,28H2,1-2H3,(H,50,51,53)(H,52,60,61)/t30-,34-,35-,39?/m1/s1. The summed E-state index contributed by atoms with van der Waals surface area (Å²) in [5, 5.41) is 16.2. The van der Waals surface area contributed by atoms with Crippen molar-refractivity contribution in [3.8, 4) is 11.1 Å². The van der Waals surface area contributed by atoms with Crippen LogP contribution < -0.4 is 16.3 Å². The average Bonchev–Trinajstić information content (AvgIpc) is 3.74. The second kappa shape index (κ2) is 19.3. The van der Waals surface area contributed by atoms with Crippen molar-refractivity contribution in [2.45, 2.75) is 108 Å². The molecule has 1 saturated carbocycles. The predicted octanol–water partition coefficient (Wildman–Crippen LogP) is 6.12. The fourth-order valence-corrected chi connectivity index (χ4v) is 9.45. The molecule has 0 bridgehead atoms. The van der Waals surface area contributed by atoms with Gasteiger partial charge in [-0.05, 0) is 87.1 Å². The van der Waals surface area contributed by atoms with Crippen molar-refractivity contribution < 1.29 is 32.6 Å². The third kappa shape index (κ3) is 10.6. The summed E-state index contributed by atoms with van der Waals surface area (Å²) in [5.74, 6) is -0.574. The van der Waals surface area contributed by atoms with Crippen molar-refractivity contribution in [2.24, 2.45) is 7.05 Å². The Labute approximate surface area is 364 Å². The molecule has 2 aliphatic heterocycles. The number of carbonyl (C=O) groups excluding carboxylic acids is 2. The molecule has 2 amide bonds. The number of alkyl halides is 3. The second-order valence-corrected chi connectivity index (χ2v) is 17.6. The number of hydrogen-bond donors (Lipinski definition) is 3. The van der Waals surface area contributed by atoms with Gasteiger partial charge in [-0.25, -0.2) is 9.78 Å². The van der Waals surface area contributed by atoms with E-state index in [4.69, 9.17) is 9.72 Å². The minimum Gasteiger partial charge on any atom is -0.393 e. The van der Waals surface area contributed by atoms with Crippen LogP contribution in [0.2, 0.25) is 0 Å². The number of benzene rings is 2. The van der Waals surface area contributed by atoms with Crippen LogP contribution in [-0.4, -0.2) is 115 Å². The monoisotopic (exact) mass is 873 g/mol. The van der Waals surface area contributed by atoms with Gasteiger partial charge >= 0.3 is 11.9 Å². The Hall–Kier alpha value is -5.10. The molecule has 1 unspecified atom stereocenters. The average molecular weight is 874 g/mol. The van der Waals surface area contributed by atoms with E-state index in [1.54, 1.807) is 17.8 Å². The predicted molar refractivity (Wildman–Crippen MR) is 234 cm³/mol. The SMILES string of the molecule is C[C@H](CC(F)(F)F)Nc1ncc2c(-c3ccc(CN4CCN(CCCOCCCc5ccc6c(c5)n(C)c(=O)n6C5CCC(=O)NC5=O)CC4)cc3)cn([C@H]3CC[C@H](O)CC3)c2n1. The number of rotatable bonds is 16. The molecule has 2 atom stereocenters. The molecule has 0 spiro atoms. The van der Waals surface area contributed by atoms with E-state index in [-0.39, 0.29) is 36.1 Å². The number of carbonyl (C=O) groups is 2. The molecule has 5 heterocycles. The number of nitrogens with one attached hydrogen (secondary N) is 2. The topological polar surface area (TPSA) is 152 Å². The van der Waals surface area contributed by atoms with Crippen LogP contribution >= 0.6 is 0 Å². The normalized spacial score (nSPS) is 21.0. The van der Waals surface area contributed by atoms with E-state index < -0.39 is 30.6 Å². The van der Waals surface area contributed by atoms with Crippen LogP contribution in [0.15, 0.2) is 59.7 Å². The van der Waals surface area contributed by atoms with E-state index in [2.05, 4.69) is 60.4 Å². The maximum atomic E-state index is 13.1. The molecule has 2 saturated heterocycles.